The molecule has 0 aromatic heterocycles. The Morgan fingerprint density at radius 3 is 2.36 bits per heavy atom. The molecule has 0 bridgehead atoms. The molecule has 0 spiro atoms. The molecule has 1 unspecified atom stereocenters. The maximum Gasteiger partial charge on any atom is 0.307 e. The van der Waals surface area contributed by atoms with Gasteiger partial charge < -0.3 is 15.9 Å². The minimum absolute atomic E-state index is 0.198. The summed E-state index contributed by atoms with van der Waals surface area (Å²) in [7, 11) is 0. The summed E-state index contributed by atoms with van der Waals surface area (Å²) in [4.78, 5) is 10.2. The highest BCUT2D eigenvalue weighted by molar-refractivity contribution is 5.67. The number of rotatable bonds is 4. The lowest BCUT2D eigenvalue weighted by atomic mass is 9.98. The summed E-state index contributed by atoms with van der Waals surface area (Å²) < 4.78 is 0. The van der Waals surface area contributed by atoms with Crippen LogP contribution in [0.5, 0.6) is 0 Å². The highest BCUT2D eigenvalue weighted by Crippen LogP contribution is 2.14. The largest absolute Gasteiger partial charge is 0.481 e. The van der Waals surface area contributed by atoms with Crippen molar-refractivity contribution in [1.29, 1.82) is 0 Å². The molecule has 0 aliphatic heterocycles. The molecule has 4 nitrogen and oxygen atoms in total. The highest BCUT2D eigenvalue weighted by Gasteiger charge is 2.25. The van der Waals surface area contributed by atoms with Gasteiger partial charge in [0, 0.05) is 0 Å². The fourth-order valence-electron chi connectivity index (χ4n) is 1.04. The Labute approximate surface area is 66.0 Å². The molecule has 0 aromatic rings. The number of hydrogen-bond donors (Lipinski definition) is 3. The lowest BCUT2D eigenvalue weighted by molar-refractivity contribution is -0.142. The second-order valence-corrected chi connectivity index (χ2v) is 3.27. The summed E-state index contributed by atoms with van der Waals surface area (Å²) in [5.74, 6) is -0.875. The number of carboxylic acid groups (broad SMARTS) is 1. The Kier molecular flexibility index (Phi) is 3.48. The lowest BCUT2D eigenvalue weighted by Gasteiger charge is -2.22. The molecule has 1 atom stereocenters. The van der Waals surface area contributed by atoms with Gasteiger partial charge in [0.1, 0.15) is 5.72 Å². The van der Waals surface area contributed by atoms with Crippen LogP contribution in [0.2, 0.25) is 0 Å². The van der Waals surface area contributed by atoms with Gasteiger partial charge in [-0.3, -0.25) is 4.79 Å². The number of aliphatic carboxylic acids is 1. The number of nitrogens with two attached hydrogens (primary N) is 1. The summed E-state index contributed by atoms with van der Waals surface area (Å²) in [6.45, 7) is 3.75. The van der Waals surface area contributed by atoms with Crippen LogP contribution in [-0.2, 0) is 4.79 Å². The smallest absolute Gasteiger partial charge is 0.307 e. The van der Waals surface area contributed by atoms with Crippen molar-refractivity contribution in [2.45, 2.75) is 32.4 Å². The van der Waals surface area contributed by atoms with E-state index in [4.69, 9.17) is 10.8 Å². The van der Waals surface area contributed by atoms with E-state index in [2.05, 4.69) is 0 Å². The molecule has 0 fully saturated rings. The summed E-state index contributed by atoms with van der Waals surface area (Å²) in [5, 5.41) is 17.6. The predicted molar refractivity (Wildman–Crippen MR) is 40.8 cm³/mol. The van der Waals surface area contributed by atoms with E-state index in [0.29, 0.717) is 6.42 Å². The fourth-order valence-corrected chi connectivity index (χ4v) is 1.04. The first-order valence-electron chi connectivity index (χ1n) is 3.56. The van der Waals surface area contributed by atoms with Crippen LogP contribution in [0, 0.1) is 5.92 Å². The van der Waals surface area contributed by atoms with Gasteiger partial charge in [-0.1, -0.05) is 13.8 Å². The first kappa shape index (κ1) is 10.4. The monoisotopic (exact) mass is 161 g/mol. The van der Waals surface area contributed by atoms with Gasteiger partial charge in [-0.15, -0.1) is 0 Å². The Bertz CT molecular complexity index is 143. The van der Waals surface area contributed by atoms with Crippen LogP contribution < -0.4 is 5.73 Å². The molecule has 66 valence electrons. The maximum atomic E-state index is 10.2. The molecule has 4 N–H and O–H groups in total. The van der Waals surface area contributed by atoms with Crippen molar-refractivity contribution < 1.29 is 15.0 Å². The number of aliphatic hydroxyl groups is 1. The minimum atomic E-state index is -1.56. The van der Waals surface area contributed by atoms with E-state index in [1.54, 1.807) is 0 Å². The van der Waals surface area contributed by atoms with Gasteiger partial charge in [-0.25, -0.2) is 0 Å². The van der Waals surface area contributed by atoms with Crippen LogP contribution in [0.25, 0.3) is 0 Å². The molecule has 4 heteroatoms. The SMILES string of the molecule is CC(C)CC(N)(O)CC(=O)O. The van der Waals surface area contributed by atoms with Gasteiger partial charge >= 0.3 is 5.97 Å². The summed E-state index contributed by atoms with van der Waals surface area (Å²) in [5.41, 5.74) is 3.74. The Balaban J connectivity index is 3.89. The predicted octanol–water partition coefficient (Wildman–Crippen LogP) is 0.155. The number of carbonyl (C=O) groups is 1. The summed E-state index contributed by atoms with van der Waals surface area (Å²) in [6, 6.07) is 0. The normalized spacial score (nSPS) is 16.5. The first-order valence-corrected chi connectivity index (χ1v) is 3.56. The zero-order chi connectivity index (χ0) is 9.07. The van der Waals surface area contributed by atoms with Gasteiger partial charge in [0.2, 0.25) is 0 Å². The third-order valence-electron chi connectivity index (χ3n) is 1.22. The molecule has 11 heavy (non-hydrogen) atoms. The quantitative estimate of drug-likeness (QED) is 0.513. The van der Waals surface area contributed by atoms with E-state index < -0.39 is 18.1 Å². The molecule has 0 radical (unpaired) electrons. The molecule has 0 amide bonds. The van der Waals surface area contributed by atoms with Crippen LogP contribution in [-0.4, -0.2) is 21.9 Å². The van der Waals surface area contributed by atoms with Crippen molar-refractivity contribution in [1.82, 2.24) is 0 Å². The number of carboxylic acids is 1. The zero-order valence-electron chi connectivity index (χ0n) is 6.87. The minimum Gasteiger partial charge on any atom is -0.481 e. The average molecular weight is 161 g/mol. The van der Waals surface area contributed by atoms with E-state index in [0.717, 1.165) is 0 Å². The topological polar surface area (TPSA) is 83.5 Å². The van der Waals surface area contributed by atoms with Crippen molar-refractivity contribution in [3.63, 3.8) is 0 Å². The van der Waals surface area contributed by atoms with Crippen molar-refractivity contribution in [3.8, 4) is 0 Å². The summed E-state index contributed by atoms with van der Waals surface area (Å²) >= 11 is 0. The van der Waals surface area contributed by atoms with Crippen molar-refractivity contribution in [2.24, 2.45) is 11.7 Å². The van der Waals surface area contributed by atoms with E-state index in [1.807, 2.05) is 13.8 Å². The molecule has 0 aromatic carbocycles. The highest BCUT2D eigenvalue weighted by atomic mass is 16.4. The molecule has 0 saturated carbocycles. The number of hydrogen-bond acceptors (Lipinski definition) is 3. The van der Waals surface area contributed by atoms with E-state index >= 15 is 0 Å². The Hall–Kier alpha value is -0.610. The standard InChI is InChI=1S/C7H15NO3/c1-5(2)3-7(8,11)4-6(9)10/h5,11H,3-4,8H2,1-2H3,(H,9,10). The summed E-state index contributed by atoms with van der Waals surface area (Å²) in [6.07, 6.45) is -0.0928. The average Bonchev–Trinajstić information content (AvgIpc) is 1.53. The molecular formula is C7H15NO3. The van der Waals surface area contributed by atoms with Crippen molar-refractivity contribution >= 4 is 5.97 Å². The third kappa shape index (κ3) is 5.82. The lowest BCUT2D eigenvalue weighted by Crippen LogP contribution is -2.42. The maximum absolute atomic E-state index is 10.2. The van der Waals surface area contributed by atoms with Crippen LogP contribution >= 0.6 is 0 Å². The van der Waals surface area contributed by atoms with Gasteiger partial charge in [0.25, 0.3) is 0 Å². The van der Waals surface area contributed by atoms with Crippen LogP contribution in [0.1, 0.15) is 26.7 Å². The molecule has 0 saturated heterocycles. The molecule has 0 rings (SSSR count). The van der Waals surface area contributed by atoms with Crippen molar-refractivity contribution in [2.75, 3.05) is 0 Å². The van der Waals surface area contributed by atoms with E-state index in [9.17, 15) is 9.90 Å². The molecule has 0 aliphatic rings. The van der Waals surface area contributed by atoms with Crippen LogP contribution in [0.3, 0.4) is 0 Å². The van der Waals surface area contributed by atoms with Crippen molar-refractivity contribution in [3.05, 3.63) is 0 Å². The van der Waals surface area contributed by atoms with E-state index in [-0.39, 0.29) is 5.92 Å². The van der Waals surface area contributed by atoms with Gasteiger partial charge in [-0.05, 0) is 12.3 Å². The molecule has 0 aliphatic carbocycles. The molecule has 0 heterocycles. The van der Waals surface area contributed by atoms with Gasteiger partial charge in [0.05, 0.1) is 6.42 Å². The van der Waals surface area contributed by atoms with Crippen LogP contribution in [0.15, 0.2) is 0 Å². The second kappa shape index (κ2) is 3.69. The van der Waals surface area contributed by atoms with E-state index in [1.165, 1.54) is 0 Å². The Morgan fingerprint density at radius 2 is 2.09 bits per heavy atom. The second-order valence-electron chi connectivity index (χ2n) is 3.27. The van der Waals surface area contributed by atoms with Crippen LogP contribution in [0.4, 0.5) is 0 Å². The van der Waals surface area contributed by atoms with Gasteiger partial charge in [0.15, 0.2) is 0 Å². The van der Waals surface area contributed by atoms with Gasteiger partial charge in [-0.2, -0.15) is 0 Å². The Morgan fingerprint density at radius 1 is 1.64 bits per heavy atom. The third-order valence-corrected chi connectivity index (χ3v) is 1.22. The molecular weight excluding hydrogens is 146 g/mol. The fraction of sp³-hybridized carbons (Fsp3) is 0.857. The zero-order valence-corrected chi connectivity index (χ0v) is 6.87. The first-order chi connectivity index (χ1) is 4.83.